The number of carbonyl (C=O) groups is 1. The summed E-state index contributed by atoms with van der Waals surface area (Å²) in [5.41, 5.74) is 5.58. The zero-order chi connectivity index (χ0) is 10.9. The third kappa shape index (κ3) is 2.43. The summed E-state index contributed by atoms with van der Waals surface area (Å²) in [4.78, 5) is 13.8. The van der Waals surface area contributed by atoms with Crippen LogP contribution in [0.4, 0.5) is 4.79 Å². The normalized spacial score (nSPS) is 25.1. The maximum Gasteiger partial charge on any atom is 0.317 e. The molecule has 86 valence electrons. The van der Waals surface area contributed by atoms with Crippen LogP contribution in [0, 0.1) is 5.92 Å². The predicted molar refractivity (Wildman–Crippen MR) is 59.5 cm³/mol. The molecule has 0 unspecified atom stereocenters. The maximum absolute atomic E-state index is 11.9. The molecular formula is C11H21N3O. The van der Waals surface area contributed by atoms with Crippen LogP contribution in [-0.4, -0.2) is 36.1 Å². The van der Waals surface area contributed by atoms with Gasteiger partial charge in [-0.15, -0.1) is 0 Å². The van der Waals surface area contributed by atoms with Gasteiger partial charge in [0.1, 0.15) is 0 Å². The SMILES string of the molecule is CC1CCN(C(=O)NC2(CN)CC2)CC1. The lowest BCUT2D eigenvalue weighted by molar-refractivity contribution is 0.169. The van der Waals surface area contributed by atoms with Crippen LogP contribution in [0.15, 0.2) is 0 Å². The average Bonchev–Trinajstić information content (AvgIpc) is 2.99. The van der Waals surface area contributed by atoms with Crippen molar-refractivity contribution in [3.05, 3.63) is 0 Å². The van der Waals surface area contributed by atoms with Gasteiger partial charge in [0.05, 0.1) is 5.54 Å². The van der Waals surface area contributed by atoms with E-state index in [-0.39, 0.29) is 11.6 Å². The largest absolute Gasteiger partial charge is 0.331 e. The van der Waals surface area contributed by atoms with Crippen LogP contribution in [0.5, 0.6) is 0 Å². The Bertz CT molecular complexity index is 242. The molecule has 2 fully saturated rings. The molecule has 2 amide bonds. The number of likely N-dealkylation sites (tertiary alicyclic amines) is 1. The minimum Gasteiger partial charge on any atom is -0.331 e. The summed E-state index contributed by atoms with van der Waals surface area (Å²) in [5, 5.41) is 3.06. The quantitative estimate of drug-likeness (QED) is 0.713. The molecule has 1 saturated carbocycles. The lowest BCUT2D eigenvalue weighted by atomic mass is 10.00. The Labute approximate surface area is 91.2 Å². The number of nitrogens with zero attached hydrogens (tertiary/aromatic N) is 1. The minimum absolute atomic E-state index is 0.0554. The second-order valence-electron chi connectivity index (χ2n) is 5.08. The van der Waals surface area contributed by atoms with Crippen molar-refractivity contribution < 1.29 is 4.79 Å². The first-order chi connectivity index (χ1) is 7.15. The summed E-state index contributed by atoms with van der Waals surface area (Å²) < 4.78 is 0. The summed E-state index contributed by atoms with van der Waals surface area (Å²) in [6, 6.07) is 0.0878. The monoisotopic (exact) mass is 211 g/mol. The van der Waals surface area contributed by atoms with Crippen molar-refractivity contribution in [3.8, 4) is 0 Å². The molecule has 15 heavy (non-hydrogen) atoms. The molecule has 2 rings (SSSR count). The fraction of sp³-hybridized carbons (Fsp3) is 0.909. The molecule has 2 aliphatic rings. The summed E-state index contributed by atoms with van der Waals surface area (Å²) in [6.07, 6.45) is 4.34. The predicted octanol–water partition coefficient (Wildman–Crippen LogP) is 0.919. The minimum atomic E-state index is -0.0554. The van der Waals surface area contributed by atoms with Crippen LogP contribution in [0.25, 0.3) is 0 Å². The van der Waals surface area contributed by atoms with Gasteiger partial charge in [0.15, 0.2) is 0 Å². The number of amides is 2. The number of rotatable bonds is 2. The molecule has 3 N–H and O–H groups in total. The van der Waals surface area contributed by atoms with Gasteiger partial charge in [0.25, 0.3) is 0 Å². The number of hydrogen-bond donors (Lipinski definition) is 2. The van der Waals surface area contributed by atoms with E-state index < -0.39 is 0 Å². The highest BCUT2D eigenvalue weighted by Gasteiger charge is 2.43. The standard InChI is InChI=1S/C11H21N3O/c1-9-2-6-14(7-3-9)10(15)13-11(8-12)4-5-11/h9H,2-8,12H2,1H3,(H,13,15). The molecule has 0 radical (unpaired) electrons. The van der Waals surface area contributed by atoms with Gasteiger partial charge in [0, 0.05) is 19.6 Å². The molecule has 0 bridgehead atoms. The fourth-order valence-electron chi connectivity index (χ4n) is 2.05. The van der Waals surface area contributed by atoms with Gasteiger partial charge in [-0.3, -0.25) is 0 Å². The zero-order valence-electron chi connectivity index (χ0n) is 9.46. The smallest absolute Gasteiger partial charge is 0.317 e. The van der Waals surface area contributed by atoms with Crippen LogP contribution in [0.1, 0.15) is 32.6 Å². The number of nitrogens with one attached hydrogen (secondary N) is 1. The van der Waals surface area contributed by atoms with Gasteiger partial charge in [-0.05, 0) is 31.6 Å². The maximum atomic E-state index is 11.9. The Balaban J connectivity index is 1.81. The fourth-order valence-corrected chi connectivity index (χ4v) is 2.05. The Kier molecular flexibility index (Phi) is 2.87. The highest BCUT2D eigenvalue weighted by molar-refractivity contribution is 5.75. The number of piperidine rings is 1. The van der Waals surface area contributed by atoms with Crippen molar-refractivity contribution >= 4 is 6.03 Å². The number of nitrogens with two attached hydrogens (primary N) is 1. The topological polar surface area (TPSA) is 58.4 Å². The van der Waals surface area contributed by atoms with E-state index in [9.17, 15) is 4.79 Å². The first-order valence-corrected chi connectivity index (χ1v) is 5.92. The van der Waals surface area contributed by atoms with Crippen molar-refractivity contribution in [1.82, 2.24) is 10.2 Å². The molecule has 4 nitrogen and oxygen atoms in total. The van der Waals surface area contributed by atoms with Gasteiger partial charge in [-0.1, -0.05) is 6.92 Å². The van der Waals surface area contributed by atoms with Gasteiger partial charge >= 0.3 is 6.03 Å². The number of carbonyl (C=O) groups excluding carboxylic acids is 1. The molecular weight excluding hydrogens is 190 g/mol. The van der Waals surface area contributed by atoms with Gasteiger partial charge in [-0.25, -0.2) is 4.79 Å². The second-order valence-corrected chi connectivity index (χ2v) is 5.08. The Hall–Kier alpha value is -0.770. The Morgan fingerprint density at radius 3 is 2.53 bits per heavy atom. The van der Waals surface area contributed by atoms with E-state index in [1.165, 1.54) is 0 Å². The number of hydrogen-bond acceptors (Lipinski definition) is 2. The molecule has 0 aromatic heterocycles. The van der Waals surface area contributed by atoms with E-state index in [2.05, 4.69) is 12.2 Å². The lowest BCUT2D eigenvalue weighted by Gasteiger charge is -2.31. The highest BCUT2D eigenvalue weighted by atomic mass is 16.2. The van der Waals surface area contributed by atoms with Gasteiger partial charge < -0.3 is 16.0 Å². The third-order valence-corrected chi connectivity index (χ3v) is 3.69. The van der Waals surface area contributed by atoms with E-state index in [1.54, 1.807) is 0 Å². The first kappa shape index (κ1) is 10.7. The summed E-state index contributed by atoms with van der Waals surface area (Å²) in [5.74, 6) is 0.762. The molecule has 0 aromatic rings. The van der Waals surface area contributed by atoms with Crippen LogP contribution in [0.3, 0.4) is 0 Å². The van der Waals surface area contributed by atoms with Crippen molar-refractivity contribution in [1.29, 1.82) is 0 Å². The molecule has 1 heterocycles. The second kappa shape index (κ2) is 4.00. The van der Waals surface area contributed by atoms with E-state index in [4.69, 9.17) is 5.73 Å². The molecule has 1 aliphatic heterocycles. The van der Waals surface area contributed by atoms with Crippen molar-refractivity contribution in [3.63, 3.8) is 0 Å². The van der Waals surface area contributed by atoms with Gasteiger partial charge in [-0.2, -0.15) is 0 Å². The third-order valence-electron chi connectivity index (χ3n) is 3.69. The van der Waals surface area contributed by atoms with Crippen molar-refractivity contribution in [2.24, 2.45) is 11.7 Å². The van der Waals surface area contributed by atoms with E-state index in [1.807, 2.05) is 4.90 Å². The van der Waals surface area contributed by atoms with Crippen LogP contribution in [-0.2, 0) is 0 Å². The van der Waals surface area contributed by atoms with E-state index in [0.717, 1.165) is 44.7 Å². The van der Waals surface area contributed by atoms with Crippen LogP contribution >= 0.6 is 0 Å². The molecule has 4 heteroatoms. The summed E-state index contributed by atoms with van der Waals surface area (Å²) in [7, 11) is 0. The molecule has 0 atom stereocenters. The van der Waals surface area contributed by atoms with Gasteiger partial charge in [0.2, 0.25) is 0 Å². The van der Waals surface area contributed by atoms with Crippen LogP contribution < -0.4 is 11.1 Å². The molecule has 1 saturated heterocycles. The Morgan fingerprint density at radius 1 is 1.47 bits per heavy atom. The lowest BCUT2D eigenvalue weighted by Crippen LogP contribution is -2.51. The highest BCUT2D eigenvalue weighted by Crippen LogP contribution is 2.34. The Morgan fingerprint density at radius 2 is 2.07 bits per heavy atom. The summed E-state index contributed by atoms with van der Waals surface area (Å²) in [6.45, 7) is 4.61. The van der Waals surface area contributed by atoms with Crippen molar-refractivity contribution in [2.45, 2.75) is 38.1 Å². The zero-order valence-corrected chi connectivity index (χ0v) is 9.46. The van der Waals surface area contributed by atoms with E-state index >= 15 is 0 Å². The first-order valence-electron chi connectivity index (χ1n) is 5.92. The molecule has 1 aliphatic carbocycles. The molecule has 0 spiro atoms. The van der Waals surface area contributed by atoms with Crippen LogP contribution in [0.2, 0.25) is 0 Å². The summed E-state index contributed by atoms with van der Waals surface area (Å²) >= 11 is 0. The molecule has 0 aromatic carbocycles. The average molecular weight is 211 g/mol. The van der Waals surface area contributed by atoms with E-state index in [0.29, 0.717) is 6.54 Å². The van der Waals surface area contributed by atoms with Crippen molar-refractivity contribution in [2.75, 3.05) is 19.6 Å². The number of urea groups is 1.